The fourth-order valence-corrected chi connectivity index (χ4v) is 4.42. The van der Waals surface area contributed by atoms with Gasteiger partial charge >= 0.3 is 0 Å². The lowest BCUT2D eigenvalue weighted by Gasteiger charge is -2.33. The van der Waals surface area contributed by atoms with E-state index >= 15 is 0 Å². The van der Waals surface area contributed by atoms with Crippen molar-refractivity contribution in [3.05, 3.63) is 71.3 Å². The lowest BCUT2D eigenvalue weighted by Crippen LogP contribution is -2.38. The van der Waals surface area contributed by atoms with Crippen LogP contribution in [-0.4, -0.2) is 55.1 Å². The zero-order chi connectivity index (χ0) is 23.5. The largest absolute Gasteiger partial charge is 0.496 e. The molecule has 1 aromatic heterocycles. The standard InChI is InChI=1S/C26H29FN4O2/c1-17-8-7-10-20(24(17)33-4)25(32)31-14-12-18(13-15-31)23-21(16-28-26(29-23)30(2)3)19-9-5-6-11-22(19)27/h5-11,16,18H,12-15H2,1-4H3. The van der Waals surface area contributed by atoms with Crippen LogP contribution >= 0.6 is 0 Å². The molecule has 7 heteroatoms. The number of benzene rings is 2. The van der Waals surface area contributed by atoms with Crippen LogP contribution in [0.1, 0.15) is 40.4 Å². The van der Waals surface area contributed by atoms with Gasteiger partial charge in [0.2, 0.25) is 5.95 Å². The molecule has 1 saturated heterocycles. The summed E-state index contributed by atoms with van der Waals surface area (Å²) in [6.07, 6.45) is 3.20. The maximum atomic E-state index is 14.6. The molecule has 0 radical (unpaired) electrons. The van der Waals surface area contributed by atoms with Crippen LogP contribution < -0.4 is 9.64 Å². The second kappa shape index (κ2) is 9.57. The van der Waals surface area contributed by atoms with Crippen LogP contribution in [0.5, 0.6) is 5.75 Å². The Bertz CT molecular complexity index is 1160. The molecule has 172 valence electrons. The first kappa shape index (κ1) is 22.7. The number of anilines is 1. The molecule has 1 fully saturated rings. The summed E-state index contributed by atoms with van der Waals surface area (Å²) in [5.41, 5.74) is 3.56. The molecule has 2 heterocycles. The van der Waals surface area contributed by atoms with Gasteiger partial charge in [-0.05, 0) is 37.5 Å². The van der Waals surface area contributed by atoms with Crippen molar-refractivity contribution in [3.8, 4) is 16.9 Å². The van der Waals surface area contributed by atoms with E-state index in [0.29, 0.717) is 41.5 Å². The first-order valence-electron chi connectivity index (χ1n) is 11.1. The molecule has 3 aromatic rings. The van der Waals surface area contributed by atoms with E-state index in [-0.39, 0.29) is 17.6 Å². The van der Waals surface area contributed by atoms with Gasteiger partial charge in [-0.2, -0.15) is 0 Å². The van der Waals surface area contributed by atoms with E-state index in [1.54, 1.807) is 25.4 Å². The predicted molar refractivity (Wildman–Crippen MR) is 127 cm³/mol. The van der Waals surface area contributed by atoms with Gasteiger partial charge in [-0.25, -0.2) is 14.4 Å². The molecular formula is C26H29FN4O2. The van der Waals surface area contributed by atoms with E-state index in [9.17, 15) is 9.18 Å². The summed E-state index contributed by atoms with van der Waals surface area (Å²) in [6.45, 7) is 3.13. The second-order valence-electron chi connectivity index (χ2n) is 8.57. The molecular weight excluding hydrogens is 419 g/mol. The van der Waals surface area contributed by atoms with Gasteiger partial charge in [0.25, 0.3) is 5.91 Å². The topological polar surface area (TPSA) is 58.6 Å². The normalized spacial score (nSPS) is 14.3. The molecule has 33 heavy (non-hydrogen) atoms. The number of piperidine rings is 1. The second-order valence-corrected chi connectivity index (χ2v) is 8.57. The first-order valence-corrected chi connectivity index (χ1v) is 11.1. The molecule has 0 bridgehead atoms. The number of methoxy groups -OCH3 is 1. The van der Waals surface area contributed by atoms with Crippen molar-refractivity contribution < 1.29 is 13.9 Å². The van der Waals surface area contributed by atoms with Crippen LogP contribution in [0.15, 0.2) is 48.7 Å². The fourth-order valence-electron chi connectivity index (χ4n) is 4.42. The molecule has 0 atom stereocenters. The molecule has 4 rings (SSSR count). The average Bonchev–Trinajstić information content (AvgIpc) is 2.83. The zero-order valence-corrected chi connectivity index (χ0v) is 19.5. The minimum Gasteiger partial charge on any atom is -0.496 e. The third kappa shape index (κ3) is 4.53. The van der Waals surface area contributed by atoms with Gasteiger partial charge in [0.15, 0.2) is 0 Å². The van der Waals surface area contributed by atoms with Crippen LogP contribution in [0, 0.1) is 12.7 Å². The van der Waals surface area contributed by atoms with Crippen molar-refractivity contribution in [1.29, 1.82) is 0 Å². The summed E-state index contributed by atoms with van der Waals surface area (Å²) in [4.78, 5) is 26.2. The molecule has 0 aliphatic carbocycles. The summed E-state index contributed by atoms with van der Waals surface area (Å²) >= 11 is 0. The highest BCUT2D eigenvalue weighted by Gasteiger charge is 2.29. The Morgan fingerprint density at radius 2 is 1.82 bits per heavy atom. The van der Waals surface area contributed by atoms with Crippen molar-refractivity contribution in [1.82, 2.24) is 14.9 Å². The highest BCUT2D eigenvalue weighted by atomic mass is 19.1. The van der Waals surface area contributed by atoms with Crippen LogP contribution in [0.4, 0.5) is 10.3 Å². The van der Waals surface area contributed by atoms with Gasteiger partial charge in [-0.1, -0.05) is 30.3 Å². The van der Waals surface area contributed by atoms with Crippen LogP contribution in [0.3, 0.4) is 0 Å². The number of aryl methyl sites for hydroxylation is 1. The number of aromatic nitrogens is 2. The third-order valence-electron chi connectivity index (χ3n) is 6.18. The van der Waals surface area contributed by atoms with E-state index in [4.69, 9.17) is 9.72 Å². The fraction of sp³-hybridized carbons (Fsp3) is 0.346. The number of ether oxygens (including phenoxy) is 1. The van der Waals surface area contributed by atoms with Crippen LogP contribution in [0.25, 0.3) is 11.1 Å². The molecule has 1 amide bonds. The Labute approximate surface area is 194 Å². The number of hydrogen-bond donors (Lipinski definition) is 0. The predicted octanol–water partition coefficient (Wildman–Crippen LogP) is 4.69. The summed E-state index contributed by atoms with van der Waals surface area (Å²) in [5, 5.41) is 0. The number of carbonyl (C=O) groups excluding carboxylic acids is 1. The van der Waals surface area contributed by atoms with Crippen LogP contribution in [-0.2, 0) is 0 Å². The maximum absolute atomic E-state index is 14.6. The van der Waals surface area contributed by atoms with Gasteiger partial charge in [0, 0.05) is 50.4 Å². The summed E-state index contributed by atoms with van der Waals surface area (Å²) < 4.78 is 20.1. The highest BCUT2D eigenvalue weighted by molar-refractivity contribution is 5.97. The minimum absolute atomic E-state index is 0.0278. The minimum atomic E-state index is -0.292. The quantitative estimate of drug-likeness (QED) is 0.567. The summed E-state index contributed by atoms with van der Waals surface area (Å²) in [7, 11) is 5.36. The Morgan fingerprint density at radius 3 is 2.48 bits per heavy atom. The van der Waals surface area contributed by atoms with Gasteiger partial charge in [-0.15, -0.1) is 0 Å². The number of hydrogen-bond acceptors (Lipinski definition) is 5. The van der Waals surface area contributed by atoms with E-state index in [2.05, 4.69) is 4.98 Å². The van der Waals surface area contributed by atoms with Gasteiger partial charge < -0.3 is 14.5 Å². The number of likely N-dealkylation sites (tertiary alicyclic amines) is 1. The molecule has 0 spiro atoms. The monoisotopic (exact) mass is 448 g/mol. The Kier molecular flexibility index (Phi) is 6.58. The number of carbonyl (C=O) groups is 1. The smallest absolute Gasteiger partial charge is 0.257 e. The summed E-state index contributed by atoms with van der Waals surface area (Å²) in [5.74, 6) is 0.995. The van der Waals surface area contributed by atoms with E-state index in [1.165, 1.54) is 6.07 Å². The van der Waals surface area contributed by atoms with E-state index in [0.717, 1.165) is 24.1 Å². The summed E-state index contributed by atoms with van der Waals surface area (Å²) in [6, 6.07) is 12.3. The van der Waals surface area contributed by atoms with Crippen molar-refractivity contribution in [2.45, 2.75) is 25.7 Å². The van der Waals surface area contributed by atoms with Gasteiger partial charge in [0.1, 0.15) is 11.6 Å². The van der Waals surface area contributed by atoms with Crippen molar-refractivity contribution in [3.63, 3.8) is 0 Å². The van der Waals surface area contributed by atoms with Crippen LogP contribution in [0.2, 0.25) is 0 Å². The number of rotatable bonds is 5. The number of amides is 1. The Hall–Kier alpha value is -3.48. The van der Waals surface area contributed by atoms with Crippen molar-refractivity contribution in [2.75, 3.05) is 39.2 Å². The van der Waals surface area contributed by atoms with Crippen molar-refractivity contribution in [2.24, 2.45) is 0 Å². The Morgan fingerprint density at radius 1 is 1.09 bits per heavy atom. The molecule has 1 aliphatic rings. The highest BCUT2D eigenvalue weighted by Crippen LogP contribution is 2.36. The SMILES string of the molecule is COc1c(C)cccc1C(=O)N1CCC(c2nc(N(C)C)ncc2-c2ccccc2F)CC1. The molecule has 1 aliphatic heterocycles. The number of para-hydroxylation sites is 1. The van der Waals surface area contributed by atoms with Gasteiger partial charge in [0.05, 0.1) is 18.4 Å². The van der Waals surface area contributed by atoms with E-state index < -0.39 is 0 Å². The van der Waals surface area contributed by atoms with E-state index in [1.807, 2.05) is 55.1 Å². The molecule has 0 saturated carbocycles. The molecule has 0 N–H and O–H groups in total. The zero-order valence-electron chi connectivity index (χ0n) is 19.5. The maximum Gasteiger partial charge on any atom is 0.257 e. The molecule has 0 unspecified atom stereocenters. The lowest BCUT2D eigenvalue weighted by molar-refractivity contribution is 0.0708. The first-order chi connectivity index (χ1) is 15.9. The average molecular weight is 449 g/mol. The number of nitrogens with zero attached hydrogens (tertiary/aromatic N) is 4. The molecule has 6 nitrogen and oxygen atoms in total. The van der Waals surface area contributed by atoms with Gasteiger partial charge in [-0.3, -0.25) is 4.79 Å². The van der Waals surface area contributed by atoms with Crippen molar-refractivity contribution >= 4 is 11.9 Å². The lowest BCUT2D eigenvalue weighted by atomic mass is 9.88. The molecule has 2 aromatic carbocycles. The number of halogens is 1. The Balaban J connectivity index is 1.60. The third-order valence-corrected chi connectivity index (χ3v) is 6.18.